The molecule has 1 unspecified atom stereocenters. The Morgan fingerprint density at radius 1 is 1.09 bits per heavy atom. The highest BCUT2D eigenvalue weighted by Gasteiger charge is 2.21. The molecule has 0 fully saturated rings. The first-order valence-corrected chi connectivity index (χ1v) is 9.40. The largest absolute Gasteiger partial charge is 0.384 e. The van der Waals surface area contributed by atoms with Gasteiger partial charge in [-0.1, -0.05) is 31.2 Å². The molecule has 1 aliphatic carbocycles. The first-order valence-electron chi connectivity index (χ1n) is 7.74. The van der Waals surface area contributed by atoms with Gasteiger partial charge in [0.15, 0.2) is 9.84 Å². The molecule has 4 heteroatoms. The summed E-state index contributed by atoms with van der Waals surface area (Å²) in [5.41, 5.74) is 3.87. The Morgan fingerprint density at radius 2 is 1.82 bits per heavy atom. The van der Waals surface area contributed by atoms with Gasteiger partial charge in [-0.3, -0.25) is 0 Å². The Morgan fingerprint density at radius 3 is 2.55 bits per heavy atom. The highest BCUT2D eigenvalue weighted by atomic mass is 32.2. The van der Waals surface area contributed by atoms with Crippen LogP contribution in [0.3, 0.4) is 0 Å². The van der Waals surface area contributed by atoms with Crippen molar-refractivity contribution in [3.05, 3.63) is 59.7 Å². The molecule has 0 saturated heterocycles. The molecule has 0 heterocycles. The molecular formula is C18H21NO2S. The van der Waals surface area contributed by atoms with Gasteiger partial charge in [0.25, 0.3) is 0 Å². The number of hydrogen-bond acceptors (Lipinski definition) is 3. The van der Waals surface area contributed by atoms with Crippen molar-refractivity contribution in [2.75, 3.05) is 17.6 Å². The lowest BCUT2D eigenvalue weighted by atomic mass is 10.0. The number of anilines is 1. The van der Waals surface area contributed by atoms with Crippen molar-refractivity contribution in [2.45, 2.75) is 30.6 Å². The lowest BCUT2D eigenvalue weighted by molar-refractivity contribution is 0.597. The van der Waals surface area contributed by atoms with Crippen molar-refractivity contribution in [1.29, 1.82) is 0 Å². The molecule has 0 radical (unpaired) electrons. The van der Waals surface area contributed by atoms with Gasteiger partial charge >= 0.3 is 0 Å². The molecule has 1 N–H and O–H groups in total. The van der Waals surface area contributed by atoms with Gasteiger partial charge in [-0.2, -0.15) is 0 Å². The van der Waals surface area contributed by atoms with E-state index in [2.05, 4.69) is 29.6 Å². The molecule has 0 spiro atoms. The van der Waals surface area contributed by atoms with Crippen molar-refractivity contribution in [1.82, 2.24) is 0 Å². The van der Waals surface area contributed by atoms with E-state index < -0.39 is 9.84 Å². The lowest BCUT2D eigenvalue weighted by Gasteiger charge is -2.14. The zero-order chi connectivity index (χ0) is 15.6. The average Bonchev–Trinajstić information content (AvgIpc) is 2.96. The Balaban J connectivity index is 1.66. The number of fused-ring (bicyclic) bond motifs is 1. The second-order valence-corrected chi connectivity index (χ2v) is 8.02. The predicted molar refractivity (Wildman–Crippen MR) is 90.2 cm³/mol. The van der Waals surface area contributed by atoms with Gasteiger partial charge in [0, 0.05) is 18.2 Å². The minimum absolute atomic E-state index is 0.138. The van der Waals surface area contributed by atoms with Crippen molar-refractivity contribution < 1.29 is 8.42 Å². The van der Waals surface area contributed by atoms with Gasteiger partial charge in [-0.05, 0) is 48.2 Å². The Bertz CT molecular complexity index is 751. The van der Waals surface area contributed by atoms with E-state index in [1.54, 1.807) is 19.1 Å². The normalized spacial score (nSPS) is 17.2. The fourth-order valence-corrected chi connectivity index (χ4v) is 3.93. The monoisotopic (exact) mass is 315 g/mol. The van der Waals surface area contributed by atoms with E-state index >= 15 is 0 Å². The maximum absolute atomic E-state index is 11.8. The third kappa shape index (κ3) is 3.02. The lowest BCUT2D eigenvalue weighted by Crippen LogP contribution is -2.10. The van der Waals surface area contributed by atoms with Crippen LogP contribution in [0.25, 0.3) is 0 Å². The molecule has 0 aliphatic heterocycles. The maximum Gasteiger partial charge on any atom is 0.178 e. The molecule has 1 aliphatic rings. The Labute approximate surface area is 132 Å². The number of aryl methyl sites for hydroxylation is 1. The fourth-order valence-electron chi connectivity index (χ4n) is 3.05. The minimum Gasteiger partial charge on any atom is -0.384 e. The summed E-state index contributed by atoms with van der Waals surface area (Å²) in [7, 11) is -3.11. The van der Waals surface area contributed by atoms with Crippen LogP contribution in [0.4, 0.5) is 5.69 Å². The molecule has 0 amide bonds. The third-order valence-electron chi connectivity index (χ3n) is 4.40. The Kier molecular flexibility index (Phi) is 4.21. The summed E-state index contributed by atoms with van der Waals surface area (Å²) >= 11 is 0. The van der Waals surface area contributed by atoms with Crippen molar-refractivity contribution in [3.8, 4) is 0 Å². The molecule has 0 bridgehead atoms. The van der Waals surface area contributed by atoms with Gasteiger partial charge in [-0.15, -0.1) is 0 Å². The van der Waals surface area contributed by atoms with Crippen molar-refractivity contribution >= 4 is 15.5 Å². The SMILES string of the molecule is CCS(=O)(=O)c1ccc(NCC2CCc3ccccc32)cc1. The van der Waals surface area contributed by atoms with Gasteiger partial charge in [0.05, 0.1) is 10.6 Å². The van der Waals surface area contributed by atoms with E-state index in [4.69, 9.17) is 0 Å². The van der Waals surface area contributed by atoms with Gasteiger partial charge in [-0.25, -0.2) is 8.42 Å². The molecule has 0 aromatic heterocycles. The second kappa shape index (κ2) is 6.13. The molecule has 2 aromatic carbocycles. The van der Waals surface area contributed by atoms with Crippen LogP contribution in [0.1, 0.15) is 30.4 Å². The van der Waals surface area contributed by atoms with Crippen LogP contribution in [0, 0.1) is 0 Å². The van der Waals surface area contributed by atoms with E-state index in [1.165, 1.54) is 17.5 Å². The van der Waals surface area contributed by atoms with E-state index in [0.717, 1.165) is 18.7 Å². The third-order valence-corrected chi connectivity index (χ3v) is 6.15. The summed E-state index contributed by atoms with van der Waals surface area (Å²) in [6, 6.07) is 15.7. The summed E-state index contributed by atoms with van der Waals surface area (Å²) in [5, 5.41) is 3.43. The Hall–Kier alpha value is -1.81. The van der Waals surface area contributed by atoms with Crippen LogP contribution < -0.4 is 5.32 Å². The zero-order valence-corrected chi connectivity index (χ0v) is 13.6. The number of hydrogen-bond donors (Lipinski definition) is 1. The summed E-state index contributed by atoms with van der Waals surface area (Å²) in [4.78, 5) is 0.395. The van der Waals surface area contributed by atoms with Crippen LogP contribution in [-0.4, -0.2) is 20.7 Å². The van der Waals surface area contributed by atoms with E-state index in [-0.39, 0.29) is 5.75 Å². The van der Waals surface area contributed by atoms with Crippen LogP contribution in [0.2, 0.25) is 0 Å². The van der Waals surface area contributed by atoms with Crippen LogP contribution >= 0.6 is 0 Å². The molecule has 116 valence electrons. The molecule has 3 nitrogen and oxygen atoms in total. The molecular weight excluding hydrogens is 294 g/mol. The quantitative estimate of drug-likeness (QED) is 0.916. The van der Waals surface area contributed by atoms with Crippen molar-refractivity contribution in [3.63, 3.8) is 0 Å². The van der Waals surface area contributed by atoms with E-state index in [1.807, 2.05) is 12.1 Å². The highest BCUT2D eigenvalue weighted by molar-refractivity contribution is 7.91. The summed E-state index contributed by atoms with van der Waals surface area (Å²) < 4.78 is 23.6. The topological polar surface area (TPSA) is 46.2 Å². The summed E-state index contributed by atoms with van der Waals surface area (Å²) in [6.45, 7) is 2.55. The summed E-state index contributed by atoms with van der Waals surface area (Å²) in [5.74, 6) is 0.675. The van der Waals surface area contributed by atoms with Gasteiger partial charge in [0.2, 0.25) is 0 Å². The first kappa shape index (κ1) is 15.1. The predicted octanol–water partition coefficient (Wildman–Crippen LogP) is 3.62. The zero-order valence-electron chi connectivity index (χ0n) is 12.7. The van der Waals surface area contributed by atoms with Crippen molar-refractivity contribution in [2.24, 2.45) is 0 Å². The second-order valence-electron chi connectivity index (χ2n) is 5.74. The van der Waals surface area contributed by atoms with Gasteiger partial charge in [0.1, 0.15) is 0 Å². The molecule has 2 aromatic rings. The van der Waals surface area contributed by atoms with Crippen LogP contribution in [0.15, 0.2) is 53.4 Å². The number of nitrogens with one attached hydrogen (secondary N) is 1. The molecule has 1 atom stereocenters. The molecule has 0 saturated carbocycles. The fraction of sp³-hybridized carbons (Fsp3) is 0.333. The minimum atomic E-state index is -3.11. The van der Waals surface area contributed by atoms with Crippen LogP contribution in [0.5, 0.6) is 0 Å². The number of rotatable bonds is 5. The smallest absolute Gasteiger partial charge is 0.178 e. The van der Waals surface area contributed by atoms with Gasteiger partial charge < -0.3 is 5.32 Å². The number of benzene rings is 2. The summed E-state index contributed by atoms with van der Waals surface area (Å²) in [6.07, 6.45) is 2.32. The number of sulfone groups is 1. The first-order chi connectivity index (χ1) is 10.6. The maximum atomic E-state index is 11.8. The average molecular weight is 315 g/mol. The van der Waals surface area contributed by atoms with Crippen LogP contribution in [-0.2, 0) is 16.3 Å². The van der Waals surface area contributed by atoms with E-state index in [9.17, 15) is 8.42 Å². The van der Waals surface area contributed by atoms with E-state index in [0.29, 0.717) is 10.8 Å². The molecule has 22 heavy (non-hydrogen) atoms. The highest BCUT2D eigenvalue weighted by Crippen LogP contribution is 2.32. The standard InChI is InChI=1S/C18H21NO2S/c1-2-22(20,21)17-11-9-16(10-12-17)19-13-15-8-7-14-5-3-4-6-18(14)15/h3-6,9-12,15,19H,2,7-8,13H2,1H3. The molecule has 3 rings (SSSR count).